The predicted octanol–water partition coefficient (Wildman–Crippen LogP) is 3.16. The second-order valence-corrected chi connectivity index (χ2v) is 11.8. The second kappa shape index (κ2) is 13.6. The molecule has 2 bridgehead atoms. The second-order valence-electron chi connectivity index (χ2n) is 10.1. The Hall–Kier alpha value is -3.64. The number of hydrogen-bond acceptors (Lipinski definition) is 8. The van der Waals surface area contributed by atoms with Crippen LogP contribution in [0.4, 0.5) is 0 Å². The molecule has 0 fully saturated rings. The summed E-state index contributed by atoms with van der Waals surface area (Å²) in [5, 5.41) is 13.9. The fourth-order valence-corrected chi connectivity index (χ4v) is 6.14. The van der Waals surface area contributed by atoms with E-state index in [4.69, 9.17) is 0 Å². The van der Waals surface area contributed by atoms with Crippen LogP contribution in [0.15, 0.2) is 41.2 Å². The smallest absolute Gasteiger partial charge is 0.271 e. The average molecular weight is 583 g/mol. The summed E-state index contributed by atoms with van der Waals surface area (Å²) in [7, 11) is 0. The minimum atomic E-state index is -0.785. The zero-order valence-corrected chi connectivity index (χ0v) is 24.4. The molecule has 3 heterocycles. The number of nitrogens with one attached hydrogen (secondary N) is 4. The van der Waals surface area contributed by atoms with Crippen molar-refractivity contribution in [1.29, 1.82) is 0 Å². The first-order valence-corrected chi connectivity index (χ1v) is 15.1. The number of fused-ring (bicyclic) bond motifs is 2. The number of aromatic nitrogens is 2. The van der Waals surface area contributed by atoms with E-state index in [1.807, 2.05) is 44.2 Å². The molecule has 0 aliphatic carbocycles. The number of hydrogen-bond donors (Lipinski definition) is 4. The number of carbonyl (C=O) groups is 4. The fourth-order valence-electron chi connectivity index (χ4n) is 4.41. The van der Waals surface area contributed by atoms with Crippen LogP contribution in [0, 0.1) is 12.8 Å². The zero-order chi connectivity index (χ0) is 28.6. The van der Waals surface area contributed by atoms with Crippen LogP contribution < -0.4 is 21.3 Å². The zero-order valence-electron chi connectivity index (χ0n) is 22.7. The quantitative estimate of drug-likeness (QED) is 0.364. The molecule has 1 aromatic carbocycles. The van der Waals surface area contributed by atoms with Crippen molar-refractivity contribution in [2.24, 2.45) is 5.92 Å². The van der Waals surface area contributed by atoms with Gasteiger partial charge < -0.3 is 21.3 Å². The summed E-state index contributed by atoms with van der Waals surface area (Å²) in [6.07, 6.45) is 1.91. The van der Waals surface area contributed by atoms with Crippen LogP contribution in [-0.4, -0.2) is 52.2 Å². The van der Waals surface area contributed by atoms with Gasteiger partial charge in [0.25, 0.3) is 11.8 Å². The lowest BCUT2D eigenvalue weighted by molar-refractivity contribution is -0.124. The Labute approximate surface area is 241 Å². The number of thiazole rings is 2. The lowest BCUT2D eigenvalue weighted by Crippen LogP contribution is -2.49. The fraction of sp³-hybridized carbons (Fsp3) is 0.429. The molecule has 10 nitrogen and oxygen atoms in total. The van der Waals surface area contributed by atoms with E-state index in [-0.39, 0.29) is 29.3 Å². The first-order chi connectivity index (χ1) is 19.2. The van der Waals surface area contributed by atoms with Crippen LogP contribution in [0.5, 0.6) is 0 Å². The standard InChI is InChI=1S/C28H34N6O4S2/c1-16(2)22-28-33-21(14-39-28)26(37)32-20(13-18-9-5-4-6-10-18)24(35)29-12-8-7-11-19(25(36)34-22)31-27(38)23-17(3)30-15-40-23/h4-6,9-10,14-16,19-20,22H,7-8,11-13H2,1-3H3,(H,29,35)(H,31,38)(H,32,37)(H,34,36)/t19-,20+,22+/m0/s1. The first kappa shape index (κ1) is 29.3. The van der Waals surface area contributed by atoms with Gasteiger partial charge in [-0.15, -0.1) is 22.7 Å². The largest absolute Gasteiger partial charge is 0.354 e. The molecule has 0 radical (unpaired) electrons. The van der Waals surface area contributed by atoms with Gasteiger partial charge in [-0.1, -0.05) is 44.2 Å². The maximum absolute atomic E-state index is 13.5. The van der Waals surface area contributed by atoms with Gasteiger partial charge in [-0.25, -0.2) is 9.97 Å². The lowest BCUT2D eigenvalue weighted by Gasteiger charge is -2.25. The van der Waals surface area contributed by atoms with E-state index in [1.54, 1.807) is 17.8 Å². The molecule has 0 saturated carbocycles. The van der Waals surface area contributed by atoms with Gasteiger partial charge in [0.1, 0.15) is 27.7 Å². The van der Waals surface area contributed by atoms with Crippen LogP contribution in [0.2, 0.25) is 0 Å². The summed E-state index contributed by atoms with van der Waals surface area (Å²) in [4.78, 5) is 61.8. The predicted molar refractivity (Wildman–Crippen MR) is 154 cm³/mol. The van der Waals surface area contributed by atoms with Gasteiger partial charge in [0, 0.05) is 18.3 Å². The van der Waals surface area contributed by atoms with Crippen LogP contribution in [0.25, 0.3) is 0 Å². The average Bonchev–Trinajstić information content (AvgIpc) is 3.59. The summed E-state index contributed by atoms with van der Waals surface area (Å²) in [5.41, 5.74) is 3.32. The lowest BCUT2D eigenvalue weighted by atomic mass is 10.0. The summed E-state index contributed by atoms with van der Waals surface area (Å²) in [6.45, 7) is 6.03. The topological polar surface area (TPSA) is 142 Å². The van der Waals surface area contributed by atoms with E-state index in [2.05, 4.69) is 31.2 Å². The number of carbonyl (C=O) groups excluding carboxylic acids is 4. The SMILES string of the molecule is Cc1ncsc1C(=O)N[C@H]1CCCCNC(=O)[C@@H](Cc2ccccc2)NC(=O)c2csc(n2)[C@@H](C(C)C)NC1=O. The normalized spacial score (nSPS) is 20.9. The van der Waals surface area contributed by atoms with Crippen LogP contribution in [-0.2, 0) is 16.0 Å². The third kappa shape index (κ3) is 7.51. The number of aryl methyl sites for hydroxylation is 1. The highest BCUT2D eigenvalue weighted by Crippen LogP contribution is 2.26. The Bertz CT molecular complexity index is 1340. The van der Waals surface area contributed by atoms with Crippen molar-refractivity contribution in [3.63, 3.8) is 0 Å². The summed E-state index contributed by atoms with van der Waals surface area (Å²) in [6, 6.07) is 7.49. The third-order valence-corrected chi connectivity index (χ3v) is 8.54. The Kier molecular flexibility index (Phi) is 9.99. The van der Waals surface area contributed by atoms with Gasteiger partial charge in [-0.2, -0.15) is 0 Å². The molecule has 3 aromatic rings. The van der Waals surface area contributed by atoms with Crippen LogP contribution >= 0.6 is 22.7 Å². The molecule has 4 rings (SSSR count). The highest BCUT2D eigenvalue weighted by atomic mass is 32.1. The molecule has 1 aliphatic rings. The van der Waals surface area contributed by atoms with Crippen molar-refractivity contribution < 1.29 is 19.2 Å². The monoisotopic (exact) mass is 582 g/mol. The molecular formula is C28H34N6O4S2. The van der Waals surface area contributed by atoms with Crippen molar-refractivity contribution in [3.8, 4) is 0 Å². The molecule has 0 saturated heterocycles. The van der Waals surface area contributed by atoms with Crippen molar-refractivity contribution in [2.45, 2.75) is 64.6 Å². The van der Waals surface area contributed by atoms with Crippen molar-refractivity contribution in [2.75, 3.05) is 6.54 Å². The molecule has 212 valence electrons. The third-order valence-electron chi connectivity index (χ3n) is 6.68. The maximum Gasteiger partial charge on any atom is 0.271 e. The highest BCUT2D eigenvalue weighted by Gasteiger charge is 2.30. The summed E-state index contributed by atoms with van der Waals surface area (Å²) < 4.78 is 0. The molecule has 12 heteroatoms. The molecule has 2 aromatic heterocycles. The van der Waals surface area contributed by atoms with Gasteiger partial charge in [-0.3, -0.25) is 19.2 Å². The number of benzene rings is 1. The van der Waals surface area contributed by atoms with E-state index in [9.17, 15) is 19.2 Å². The van der Waals surface area contributed by atoms with E-state index < -0.39 is 24.0 Å². The minimum absolute atomic E-state index is 0.0263. The minimum Gasteiger partial charge on any atom is -0.354 e. The van der Waals surface area contributed by atoms with Gasteiger partial charge in [-0.05, 0) is 37.7 Å². The number of rotatable bonds is 5. The number of nitrogens with zero attached hydrogens (tertiary/aromatic N) is 2. The van der Waals surface area contributed by atoms with Crippen LogP contribution in [0.1, 0.15) is 75.6 Å². The van der Waals surface area contributed by atoms with E-state index in [0.717, 1.165) is 5.56 Å². The molecule has 4 N–H and O–H groups in total. The Morgan fingerprint density at radius 2 is 1.85 bits per heavy atom. The van der Waals surface area contributed by atoms with Crippen molar-refractivity contribution >= 4 is 46.3 Å². The summed E-state index contributed by atoms with van der Waals surface area (Å²) >= 11 is 2.50. The van der Waals surface area contributed by atoms with Gasteiger partial charge in [0.05, 0.1) is 17.2 Å². The Balaban J connectivity index is 1.58. The molecular weight excluding hydrogens is 548 g/mol. The highest BCUT2D eigenvalue weighted by molar-refractivity contribution is 7.11. The number of amides is 4. The first-order valence-electron chi connectivity index (χ1n) is 13.3. The van der Waals surface area contributed by atoms with Gasteiger partial charge in [0.15, 0.2) is 0 Å². The summed E-state index contributed by atoms with van der Waals surface area (Å²) in [5.74, 6) is -1.44. The molecule has 4 amide bonds. The van der Waals surface area contributed by atoms with E-state index in [1.165, 1.54) is 22.7 Å². The van der Waals surface area contributed by atoms with Crippen molar-refractivity contribution in [1.82, 2.24) is 31.2 Å². The van der Waals surface area contributed by atoms with Crippen LogP contribution in [0.3, 0.4) is 0 Å². The van der Waals surface area contributed by atoms with E-state index >= 15 is 0 Å². The van der Waals surface area contributed by atoms with Gasteiger partial charge in [0.2, 0.25) is 11.8 Å². The van der Waals surface area contributed by atoms with Crippen molar-refractivity contribution in [3.05, 3.63) is 68.1 Å². The molecule has 0 unspecified atom stereocenters. The Morgan fingerprint density at radius 1 is 1.07 bits per heavy atom. The molecule has 0 spiro atoms. The van der Waals surface area contributed by atoms with Gasteiger partial charge >= 0.3 is 0 Å². The molecule has 1 aliphatic heterocycles. The Morgan fingerprint density at radius 3 is 2.55 bits per heavy atom. The van der Waals surface area contributed by atoms with E-state index in [0.29, 0.717) is 47.8 Å². The molecule has 3 atom stereocenters. The maximum atomic E-state index is 13.5. The molecule has 40 heavy (non-hydrogen) atoms.